The van der Waals surface area contributed by atoms with E-state index in [1.807, 2.05) is 0 Å². The molecule has 33 heavy (non-hydrogen) atoms. The van der Waals surface area contributed by atoms with Crippen molar-refractivity contribution in [2.24, 2.45) is 0 Å². The first kappa shape index (κ1) is 28.1. The third-order valence-electron chi connectivity index (χ3n) is 7.08. The normalized spacial score (nSPS) is 17.7. The van der Waals surface area contributed by atoms with E-state index in [9.17, 15) is 0 Å². The molecule has 0 bridgehead atoms. The summed E-state index contributed by atoms with van der Waals surface area (Å²) in [6.45, 7) is 8.23. The predicted molar refractivity (Wildman–Crippen MR) is 148 cm³/mol. The molecule has 1 N–H and O–H groups in total. The fraction of sp³-hybridized carbons (Fsp3) is 0.742. The Kier molecular flexibility index (Phi) is 17.3. The minimum atomic E-state index is 1.13. The molecule has 0 saturated carbocycles. The average molecular weight is 455 g/mol. The average Bonchev–Trinajstić information content (AvgIpc) is 2.85. The molecule has 2 heteroatoms. The van der Waals surface area contributed by atoms with E-state index in [2.05, 4.69) is 53.6 Å². The van der Waals surface area contributed by atoms with E-state index < -0.39 is 0 Å². The van der Waals surface area contributed by atoms with Gasteiger partial charge in [-0.15, -0.1) is 0 Å². The Morgan fingerprint density at radius 1 is 0.727 bits per heavy atom. The Bertz CT molecular complexity index is 584. The maximum absolute atomic E-state index is 3.48. The van der Waals surface area contributed by atoms with Gasteiger partial charge in [0.1, 0.15) is 0 Å². The van der Waals surface area contributed by atoms with Crippen molar-refractivity contribution in [1.29, 1.82) is 0 Å². The van der Waals surface area contributed by atoms with Crippen molar-refractivity contribution in [3.05, 3.63) is 47.6 Å². The molecule has 0 atom stereocenters. The Hall–Kier alpha value is -1.12. The van der Waals surface area contributed by atoms with Gasteiger partial charge in [0, 0.05) is 26.2 Å². The molecule has 0 unspecified atom stereocenters. The van der Waals surface area contributed by atoms with Gasteiger partial charge in [-0.1, -0.05) is 86.6 Å². The quantitative estimate of drug-likeness (QED) is 0.155. The Balaban J connectivity index is 1.39. The molecule has 0 amide bonds. The number of hydrogen-bond acceptors (Lipinski definition) is 2. The maximum atomic E-state index is 3.48. The van der Waals surface area contributed by atoms with Gasteiger partial charge >= 0.3 is 0 Å². The highest BCUT2D eigenvalue weighted by molar-refractivity contribution is 5.08. The molecule has 2 heterocycles. The SMILES string of the molecule is CC/C=C/CCCCCCCCC1=CCCN(CC/C=C/CCCCCC2=CCCNC2)C1. The lowest BCUT2D eigenvalue weighted by molar-refractivity contribution is 0.291. The fourth-order valence-corrected chi connectivity index (χ4v) is 5.03. The summed E-state index contributed by atoms with van der Waals surface area (Å²) in [5.74, 6) is 0. The summed E-state index contributed by atoms with van der Waals surface area (Å²) in [6, 6.07) is 0. The van der Waals surface area contributed by atoms with Crippen LogP contribution in [-0.4, -0.2) is 37.6 Å². The molecule has 0 aliphatic carbocycles. The molecule has 0 aromatic carbocycles. The second-order valence-corrected chi connectivity index (χ2v) is 10.2. The van der Waals surface area contributed by atoms with Gasteiger partial charge in [0.05, 0.1) is 0 Å². The first-order valence-corrected chi connectivity index (χ1v) is 14.5. The lowest BCUT2D eigenvalue weighted by Gasteiger charge is -2.27. The lowest BCUT2D eigenvalue weighted by atomic mass is 10.0. The van der Waals surface area contributed by atoms with Crippen LogP contribution in [0.4, 0.5) is 0 Å². The van der Waals surface area contributed by atoms with E-state index in [0.717, 1.165) is 6.54 Å². The molecular weight excluding hydrogens is 400 g/mol. The molecule has 0 spiro atoms. The lowest BCUT2D eigenvalue weighted by Crippen LogP contribution is -2.30. The van der Waals surface area contributed by atoms with Crippen molar-refractivity contribution < 1.29 is 0 Å². The van der Waals surface area contributed by atoms with Gasteiger partial charge in [-0.2, -0.15) is 0 Å². The molecule has 2 rings (SSSR count). The van der Waals surface area contributed by atoms with Crippen molar-refractivity contribution in [3.63, 3.8) is 0 Å². The fourth-order valence-electron chi connectivity index (χ4n) is 5.03. The number of unbranched alkanes of at least 4 members (excludes halogenated alkanes) is 9. The monoisotopic (exact) mass is 454 g/mol. The van der Waals surface area contributed by atoms with Crippen LogP contribution in [0.2, 0.25) is 0 Å². The number of hydrogen-bond donors (Lipinski definition) is 1. The third kappa shape index (κ3) is 15.4. The van der Waals surface area contributed by atoms with E-state index in [1.54, 1.807) is 11.1 Å². The molecular formula is C31H54N2. The predicted octanol–water partition coefficient (Wildman–Crippen LogP) is 8.52. The second kappa shape index (κ2) is 20.3. The zero-order valence-electron chi connectivity index (χ0n) is 22.0. The highest BCUT2D eigenvalue weighted by Gasteiger charge is 2.11. The number of nitrogens with one attached hydrogen (secondary N) is 1. The first-order valence-electron chi connectivity index (χ1n) is 14.5. The number of nitrogens with zero attached hydrogens (tertiary/aromatic N) is 1. The minimum Gasteiger partial charge on any atom is -0.313 e. The molecule has 2 nitrogen and oxygen atoms in total. The van der Waals surface area contributed by atoms with Crippen LogP contribution < -0.4 is 5.32 Å². The summed E-state index contributed by atoms with van der Waals surface area (Å²) in [6.07, 6.45) is 37.1. The van der Waals surface area contributed by atoms with E-state index in [4.69, 9.17) is 0 Å². The van der Waals surface area contributed by atoms with E-state index >= 15 is 0 Å². The van der Waals surface area contributed by atoms with Gasteiger partial charge in [-0.05, 0) is 83.6 Å². The first-order chi connectivity index (χ1) is 16.4. The van der Waals surface area contributed by atoms with Crippen LogP contribution in [-0.2, 0) is 0 Å². The summed E-state index contributed by atoms with van der Waals surface area (Å²) in [4.78, 5) is 2.68. The molecule has 2 aliphatic rings. The van der Waals surface area contributed by atoms with Crippen molar-refractivity contribution in [2.75, 3.05) is 32.7 Å². The molecule has 0 aromatic heterocycles. The van der Waals surface area contributed by atoms with Crippen LogP contribution >= 0.6 is 0 Å². The maximum Gasteiger partial charge on any atom is 0.0193 e. The van der Waals surface area contributed by atoms with E-state index in [-0.39, 0.29) is 0 Å². The van der Waals surface area contributed by atoms with Gasteiger partial charge in [-0.25, -0.2) is 0 Å². The van der Waals surface area contributed by atoms with Crippen LogP contribution in [0.25, 0.3) is 0 Å². The van der Waals surface area contributed by atoms with E-state index in [0.29, 0.717) is 0 Å². The van der Waals surface area contributed by atoms with Crippen molar-refractivity contribution in [2.45, 2.75) is 116 Å². The van der Waals surface area contributed by atoms with Gasteiger partial charge in [0.15, 0.2) is 0 Å². The largest absolute Gasteiger partial charge is 0.313 e. The molecule has 188 valence electrons. The van der Waals surface area contributed by atoms with Crippen LogP contribution in [0.1, 0.15) is 116 Å². The van der Waals surface area contributed by atoms with Crippen molar-refractivity contribution in [3.8, 4) is 0 Å². The second-order valence-electron chi connectivity index (χ2n) is 10.2. The Morgan fingerprint density at radius 2 is 1.36 bits per heavy atom. The molecule has 2 aliphatic heterocycles. The van der Waals surface area contributed by atoms with Crippen molar-refractivity contribution in [1.82, 2.24) is 10.2 Å². The van der Waals surface area contributed by atoms with E-state index in [1.165, 1.54) is 135 Å². The smallest absolute Gasteiger partial charge is 0.0193 e. The molecule has 0 aromatic rings. The summed E-state index contributed by atoms with van der Waals surface area (Å²) in [7, 11) is 0. The summed E-state index contributed by atoms with van der Waals surface area (Å²) in [5, 5.41) is 3.48. The molecule has 0 saturated heterocycles. The number of allylic oxidation sites excluding steroid dienone is 3. The van der Waals surface area contributed by atoms with Crippen LogP contribution in [0.5, 0.6) is 0 Å². The Morgan fingerprint density at radius 3 is 2.12 bits per heavy atom. The summed E-state index contributed by atoms with van der Waals surface area (Å²) >= 11 is 0. The highest BCUT2D eigenvalue weighted by Crippen LogP contribution is 2.18. The van der Waals surface area contributed by atoms with Gasteiger partial charge in [0.25, 0.3) is 0 Å². The van der Waals surface area contributed by atoms with Gasteiger partial charge < -0.3 is 5.32 Å². The third-order valence-corrected chi connectivity index (χ3v) is 7.08. The van der Waals surface area contributed by atoms with Crippen LogP contribution in [0.15, 0.2) is 47.6 Å². The van der Waals surface area contributed by atoms with Gasteiger partial charge in [0.2, 0.25) is 0 Å². The van der Waals surface area contributed by atoms with Crippen LogP contribution in [0.3, 0.4) is 0 Å². The number of rotatable bonds is 19. The molecule has 0 fully saturated rings. The summed E-state index contributed by atoms with van der Waals surface area (Å²) < 4.78 is 0. The topological polar surface area (TPSA) is 15.3 Å². The van der Waals surface area contributed by atoms with Gasteiger partial charge in [-0.3, -0.25) is 4.90 Å². The minimum absolute atomic E-state index is 1.13. The summed E-state index contributed by atoms with van der Waals surface area (Å²) in [5.41, 5.74) is 3.34. The molecule has 0 radical (unpaired) electrons. The zero-order chi connectivity index (χ0) is 23.2. The standard InChI is InChI=1S/C31H54N2/c1-2-3-4-5-6-7-8-10-14-17-22-31-24-20-27-33(29-31)26-18-15-12-9-11-13-16-21-30-23-19-25-32-28-30/h3-4,12,15,23-24,32H,2,5-11,13-14,16-22,25-29H2,1H3/b4-3+,15-12+. The van der Waals surface area contributed by atoms with Crippen LogP contribution in [0, 0.1) is 0 Å². The van der Waals surface area contributed by atoms with Crippen molar-refractivity contribution >= 4 is 0 Å². The Labute approximate surface area is 206 Å². The highest BCUT2D eigenvalue weighted by atomic mass is 15.1. The zero-order valence-corrected chi connectivity index (χ0v) is 22.0.